The van der Waals surface area contributed by atoms with Gasteiger partial charge in [0.15, 0.2) is 0 Å². The Morgan fingerprint density at radius 3 is 2.47 bits per heavy atom. The van der Waals surface area contributed by atoms with Crippen LogP contribution in [0.25, 0.3) is 0 Å². The fourth-order valence-corrected chi connectivity index (χ4v) is 5.05. The zero-order chi connectivity index (χ0) is 21.3. The Kier molecular flexibility index (Phi) is 6.20. The zero-order valence-electron chi connectivity index (χ0n) is 18.2. The molecule has 0 spiro atoms. The lowest BCUT2D eigenvalue weighted by molar-refractivity contribution is -0.0287. The molecule has 7 nitrogen and oxygen atoms in total. The van der Waals surface area contributed by atoms with E-state index in [0.717, 1.165) is 30.4 Å². The molecule has 2 aliphatic heterocycles. The molecule has 2 saturated heterocycles. The van der Waals surface area contributed by atoms with E-state index < -0.39 is 5.69 Å². The molecule has 2 bridgehead atoms. The highest BCUT2D eigenvalue weighted by Gasteiger charge is 2.40. The van der Waals surface area contributed by atoms with Crippen LogP contribution in [0.4, 0.5) is 0 Å². The number of nitrogens with zero attached hydrogens (tertiary/aromatic N) is 4. The normalized spacial score (nSPS) is 23.8. The average Bonchev–Trinajstić information content (AvgIpc) is 2.96. The molecule has 4 rings (SSSR count). The van der Waals surface area contributed by atoms with Crippen molar-refractivity contribution in [3.63, 3.8) is 0 Å². The first-order chi connectivity index (χ1) is 14.4. The predicted molar refractivity (Wildman–Crippen MR) is 116 cm³/mol. The SMILES string of the molecule is Cc1ccccc1COC1CC2CCC(C1)N2CCCn1c(C)nc(=O)n(C)c1=O. The molecule has 0 saturated carbocycles. The molecule has 1 aromatic heterocycles. The molecule has 30 heavy (non-hydrogen) atoms. The molecule has 3 heterocycles. The van der Waals surface area contributed by atoms with Crippen molar-refractivity contribution in [3.8, 4) is 0 Å². The largest absolute Gasteiger partial charge is 0.373 e. The molecule has 2 unspecified atom stereocenters. The molecule has 2 aromatic rings. The molecule has 0 aliphatic carbocycles. The van der Waals surface area contributed by atoms with Gasteiger partial charge in [0.2, 0.25) is 0 Å². The second kappa shape index (κ2) is 8.86. The number of ether oxygens (including phenoxy) is 1. The van der Waals surface area contributed by atoms with Crippen LogP contribution in [0.15, 0.2) is 33.9 Å². The van der Waals surface area contributed by atoms with Gasteiger partial charge in [0.25, 0.3) is 0 Å². The van der Waals surface area contributed by atoms with Crippen LogP contribution in [0.5, 0.6) is 0 Å². The topological polar surface area (TPSA) is 69.4 Å². The van der Waals surface area contributed by atoms with E-state index in [1.54, 1.807) is 11.5 Å². The van der Waals surface area contributed by atoms with Crippen molar-refractivity contribution >= 4 is 0 Å². The first-order valence-electron chi connectivity index (χ1n) is 11.0. The van der Waals surface area contributed by atoms with E-state index in [0.29, 0.717) is 37.2 Å². The maximum Gasteiger partial charge on any atom is 0.353 e. The van der Waals surface area contributed by atoms with Crippen LogP contribution in [0.1, 0.15) is 49.1 Å². The Hall–Kier alpha value is -2.25. The summed E-state index contributed by atoms with van der Waals surface area (Å²) in [7, 11) is 1.48. The highest BCUT2D eigenvalue weighted by molar-refractivity contribution is 5.24. The third kappa shape index (κ3) is 4.27. The highest BCUT2D eigenvalue weighted by Crippen LogP contribution is 2.37. The Morgan fingerprint density at radius 1 is 1.07 bits per heavy atom. The average molecular weight is 413 g/mol. The molecular formula is C23H32N4O3. The summed E-state index contributed by atoms with van der Waals surface area (Å²) in [5, 5.41) is 0. The van der Waals surface area contributed by atoms with E-state index in [9.17, 15) is 9.59 Å². The molecule has 2 aliphatic rings. The van der Waals surface area contributed by atoms with Gasteiger partial charge in [-0.25, -0.2) is 14.2 Å². The number of piperidine rings is 1. The standard InChI is InChI=1S/C23H32N4O3/c1-16-7-4-5-8-18(16)15-30-21-13-19-9-10-20(14-21)27(19)12-6-11-26-17(2)24-22(28)25(3)23(26)29/h4-5,7-8,19-21H,6,9-15H2,1-3H3. The van der Waals surface area contributed by atoms with E-state index >= 15 is 0 Å². The van der Waals surface area contributed by atoms with E-state index in [2.05, 4.69) is 41.1 Å². The van der Waals surface area contributed by atoms with Crippen LogP contribution in [-0.2, 0) is 24.9 Å². The lowest BCUT2D eigenvalue weighted by Gasteiger charge is -2.39. The number of aromatic nitrogens is 3. The van der Waals surface area contributed by atoms with Crippen molar-refractivity contribution in [1.29, 1.82) is 0 Å². The molecule has 7 heteroatoms. The van der Waals surface area contributed by atoms with E-state index in [1.165, 1.54) is 31.0 Å². The quantitative estimate of drug-likeness (QED) is 0.697. The summed E-state index contributed by atoms with van der Waals surface area (Å²) in [5.41, 5.74) is 1.80. The Balaban J connectivity index is 1.31. The number of rotatable bonds is 7. The second-order valence-electron chi connectivity index (χ2n) is 8.74. The van der Waals surface area contributed by atoms with Crippen LogP contribution in [0, 0.1) is 13.8 Å². The summed E-state index contributed by atoms with van der Waals surface area (Å²) < 4.78 is 8.99. The van der Waals surface area contributed by atoms with Crippen LogP contribution < -0.4 is 11.4 Å². The highest BCUT2D eigenvalue weighted by atomic mass is 16.5. The third-order valence-electron chi connectivity index (χ3n) is 6.83. The summed E-state index contributed by atoms with van der Waals surface area (Å²) >= 11 is 0. The number of aryl methyl sites for hydroxylation is 2. The molecule has 0 N–H and O–H groups in total. The summed E-state index contributed by atoms with van der Waals surface area (Å²) in [5.74, 6) is 0.495. The first kappa shape index (κ1) is 21.0. The predicted octanol–water partition coefficient (Wildman–Crippen LogP) is 2.16. The molecule has 2 atom stereocenters. The number of hydrogen-bond acceptors (Lipinski definition) is 5. The third-order valence-corrected chi connectivity index (χ3v) is 6.83. The smallest absolute Gasteiger partial charge is 0.353 e. The minimum atomic E-state index is -0.487. The van der Waals surface area contributed by atoms with Gasteiger partial charge >= 0.3 is 11.4 Å². The Bertz CT molecular complexity index is 998. The van der Waals surface area contributed by atoms with Gasteiger partial charge in [-0.05, 0) is 57.1 Å². The lowest BCUT2D eigenvalue weighted by Crippen LogP contribution is -2.46. The van der Waals surface area contributed by atoms with E-state index in [1.807, 2.05) is 0 Å². The van der Waals surface area contributed by atoms with E-state index in [-0.39, 0.29) is 5.69 Å². The van der Waals surface area contributed by atoms with Crippen LogP contribution in [0.2, 0.25) is 0 Å². The number of fused-ring (bicyclic) bond motifs is 2. The zero-order valence-corrected chi connectivity index (χ0v) is 18.2. The van der Waals surface area contributed by atoms with Crippen molar-refractivity contribution in [2.75, 3.05) is 6.54 Å². The van der Waals surface area contributed by atoms with E-state index in [4.69, 9.17) is 4.74 Å². The summed E-state index contributed by atoms with van der Waals surface area (Å²) in [6.07, 6.45) is 5.84. The van der Waals surface area contributed by atoms with Gasteiger partial charge in [0, 0.05) is 32.2 Å². The van der Waals surface area contributed by atoms with Crippen LogP contribution in [-0.4, -0.2) is 43.8 Å². The molecule has 1 aromatic carbocycles. The number of hydrogen-bond donors (Lipinski definition) is 0. The fourth-order valence-electron chi connectivity index (χ4n) is 5.05. The fraction of sp³-hybridized carbons (Fsp3) is 0.609. The molecule has 0 amide bonds. The maximum atomic E-state index is 12.3. The van der Waals surface area contributed by atoms with Gasteiger partial charge in [-0.3, -0.25) is 9.47 Å². The van der Waals surface area contributed by atoms with Crippen molar-refractivity contribution in [2.45, 2.75) is 77.3 Å². The molecule has 0 radical (unpaired) electrons. The van der Waals surface area contributed by atoms with Gasteiger partial charge in [0.05, 0.1) is 12.7 Å². The minimum absolute atomic E-state index is 0.279. The Labute approximate surface area is 177 Å². The van der Waals surface area contributed by atoms with Gasteiger partial charge in [-0.15, -0.1) is 0 Å². The minimum Gasteiger partial charge on any atom is -0.373 e. The summed E-state index contributed by atoms with van der Waals surface area (Å²) in [6.45, 7) is 6.12. The monoisotopic (exact) mass is 412 g/mol. The summed E-state index contributed by atoms with van der Waals surface area (Å²) in [6, 6.07) is 9.57. The van der Waals surface area contributed by atoms with Gasteiger partial charge in [-0.2, -0.15) is 4.98 Å². The van der Waals surface area contributed by atoms with Gasteiger partial charge in [0.1, 0.15) is 5.82 Å². The summed E-state index contributed by atoms with van der Waals surface area (Å²) in [4.78, 5) is 30.5. The second-order valence-corrected chi connectivity index (χ2v) is 8.74. The Morgan fingerprint density at radius 2 is 1.77 bits per heavy atom. The molecule has 2 fully saturated rings. The number of benzene rings is 1. The molecular weight excluding hydrogens is 380 g/mol. The molecule has 162 valence electrons. The maximum absolute atomic E-state index is 12.3. The van der Waals surface area contributed by atoms with Crippen molar-refractivity contribution in [1.82, 2.24) is 19.0 Å². The van der Waals surface area contributed by atoms with Crippen molar-refractivity contribution in [2.24, 2.45) is 7.05 Å². The van der Waals surface area contributed by atoms with Crippen molar-refractivity contribution < 1.29 is 4.74 Å². The van der Waals surface area contributed by atoms with Crippen LogP contribution >= 0.6 is 0 Å². The lowest BCUT2D eigenvalue weighted by atomic mass is 9.99. The van der Waals surface area contributed by atoms with Gasteiger partial charge in [-0.1, -0.05) is 24.3 Å². The van der Waals surface area contributed by atoms with Crippen molar-refractivity contribution in [3.05, 3.63) is 62.2 Å². The first-order valence-corrected chi connectivity index (χ1v) is 11.0. The van der Waals surface area contributed by atoms with Gasteiger partial charge < -0.3 is 4.74 Å². The van der Waals surface area contributed by atoms with Crippen LogP contribution in [0.3, 0.4) is 0 Å².